The van der Waals surface area contributed by atoms with Crippen LogP contribution in [0.4, 0.5) is 17.2 Å². The third-order valence-electron chi connectivity index (χ3n) is 5.35. The molecule has 4 heterocycles. The molecule has 0 amide bonds. The van der Waals surface area contributed by atoms with Gasteiger partial charge in [0.15, 0.2) is 0 Å². The van der Waals surface area contributed by atoms with Gasteiger partial charge in [-0.3, -0.25) is 0 Å². The number of hydrogen-bond donors (Lipinski definition) is 1. The van der Waals surface area contributed by atoms with Gasteiger partial charge in [-0.15, -0.1) is 0 Å². The van der Waals surface area contributed by atoms with Crippen LogP contribution in [0.5, 0.6) is 11.6 Å². The Morgan fingerprint density at radius 3 is 2.88 bits per heavy atom. The fraction of sp³-hybridized carbons (Fsp3) is 0.381. The van der Waals surface area contributed by atoms with Crippen LogP contribution in [0.25, 0.3) is 10.9 Å². The van der Waals surface area contributed by atoms with Gasteiger partial charge >= 0.3 is 0 Å². The minimum atomic E-state index is -2.15. The van der Waals surface area contributed by atoms with Gasteiger partial charge in [-0.05, 0) is 24.6 Å². The molecule has 11 heteroatoms. The molecule has 5 rings (SSSR count). The van der Waals surface area contributed by atoms with Crippen LogP contribution in [-0.4, -0.2) is 57.1 Å². The number of halogens is 1. The lowest BCUT2D eigenvalue weighted by molar-refractivity contribution is 0.138. The first-order chi connectivity index (χ1) is 15.5. The number of aromatic nitrogens is 3. The molecule has 1 N–H and O–H groups in total. The summed E-state index contributed by atoms with van der Waals surface area (Å²) < 4.78 is 34.0. The molecule has 9 nitrogen and oxygen atoms in total. The highest BCUT2D eigenvalue weighted by Crippen LogP contribution is 2.38. The summed E-state index contributed by atoms with van der Waals surface area (Å²) in [6.45, 7) is 1.16. The van der Waals surface area contributed by atoms with Crippen molar-refractivity contribution in [2.45, 2.75) is 18.9 Å². The van der Waals surface area contributed by atoms with Gasteiger partial charge in [-0.2, -0.15) is 9.35 Å². The zero-order valence-corrected chi connectivity index (χ0v) is 19.0. The number of pyridine rings is 1. The highest BCUT2D eigenvalue weighted by molar-refractivity contribution is 7.95. The molecule has 1 atom stereocenters. The van der Waals surface area contributed by atoms with E-state index < -0.39 is 9.73 Å². The summed E-state index contributed by atoms with van der Waals surface area (Å²) >= 11 is 6.11. The molecule has 0 radical (unpaired) electrons. The maximum Gasteiger partial charge on any atom is 0.239 e. The summed E-state index contributed by atoms with van der Waals surface area (Å²) in [5.74, 6) is 2.67. The summed E-state index contributed by atoms with van der Waals surface area (Å²) in [6, 6.07) is 7.01. The second kappa shape index (κ2) is 8.68. The predicted octanol–water partition coefficient (Wildman–Crippen LogP) is 4.10. The van der Waals surface area contributed by atoms with Gasteiger partial charge < -0.3 is 19.5 Å². The van der Waals surface area contributed by atoms with E-state index in [2.05, 4.69) is 24.6 Å². The van der Waals surface area contributed by atoms with E-state index in [9.17, 15) is 4.21 Å². The topological polar surface area (TPSA) is 108 Å². The fourth-order valence-corrected chi connectivity index (χ4v) is 5.21. The van der Waals surface area contributed by atoms with Crippen LogP contribution in [0, 0.1) is 0 Å². The quantitative estimate of drug-likeness (QED) is 0.531. The van der Waals surface area contributed by atoms with Gasteiger partial charge in [0.05, 0.1) is 46.6 Å². The largest absolute Gasteiger partial charge is 0.496 e. The number of fused-ring (bicyclic) bond motifs is 1. The Morgan fingerprint density at radius 1 is 1.28 bits per heavy atom. The van der Waals surface area contributed by atoms with Gasteiger partial charge in [0.1, 0.15) is 34.8 Å². The van der Waals surface area contributed by atoms with Crippen molar-refractivity contribution in [1.82, 2.24) is 15.0 Å². The zero-order chi connectivity index (χ0) is 22.1. The van der Waals surface area contributed by atoms with E-state index in [0.29, 0.717) is 69.6 Å². The van der Waals surface area contributed by atoms with E-state index in [1.54, 1.807) is 31.4 Å². The maximum absolute atomic E-state index is 12.6. The van der Waals surface area contributed by atoms with E-state index in [-0.39, 0.29) is 6.10 Å². The maximum atomic E-state index is 12.6. The Morgan fingerprint density at radius 2 is 2.16 bits per heavy atom. The predicted molar refractivity (Wildman–Crippen MR) is 123 cm³/mol. The van der Waals surface area contributed by atoms with Crippen molar-refractivity contribution in [3.05, 3.63) is 35.7 Å². The number of hydrogen-bond acceptors (Lipinski definition) is 9. The van der Waals surface area contributed by atoms with Crippen molar-refractivity contribution in [3.8, 4) is 11.6 Å². The minimum Gasteiger partial charge on any atom is -0.496 e. The Labute approximate surface area is 190 Å². The van der Waals surface area contributed by atoms with Crippen molar-refractivity contribution in [2.24, 2.45) is 4.36 Å². The third-order valence-corrected chi connectivity index (χ3v) is 7.96. The molecular weight excluding hydrogens is 454 g/mol. The standard InChI is InChI=1S/C21H22ClN5O4S/c1-29-17-10-13(27-32(28)7-2-8-32)9-16-19(17)20(24-12-23-16)25-15-3-4-18(22)26-21(15)31-14-5-6-30-11-14/h3-4,9-10,12,14H,2,5-8,11H2,1H3,(H,23,24,25). The van der Waals surface area contributed by atoms with Crippen LogP contribution >= 0.6 is 11.6 Å². The summed E-state index contributed by atoms with van der Waals surface area (Å²) in [5, 5.41) is 4.27. The van der Waals surface area contributed by atoms with Crippen LogP contribution in [0.1, 0.15) is 12.8 Å². The van der Waals surface area contributed by atoms with Gasteiger partial charge in [-0.1, -0.05) is 11.6 Å². The van der Waals surface area contributed by atoms with E-state index in [1.807, 2.05) is 0 Å². The number of ether oxygens (including phenoxy) is 3. The molecule has 0 spiro atoms. The molecule has 3 aromatic rings. The molecule has 0 bridgehead atoms. The normalized spacial score (nSPS) is 19.4. The number of nitrogens with one attached hydrogen (secondary N) is 1. The van der Waals surface area contributed by atoms with E-state index in [4.69, 9.17) is 25.8 Å². The van der Waals surface area contributed by atoms with Gasteiger partial charge in [-0.25, -0.2) is 14.2 Å². The van der Waals surface area contributed by atoms with Crippen LogP contribution in [0.2, 0.25) is 5.15 Å². The summed E-state index contributed by atoms with van der Waals surface area (Å²) in [7, 11) is -0.586. The summed E-state index contributed by atoms with van der Waals surface area (Å²) in [5.41, 5.74) is 1.81. The van der Waals surface area contributed by atoms with Gasteiger partial charge in [0, 0.05) is 24.0 Å². The van der Waals surface area contributed by atoms with Crippen molar-refractivity contribution < 1.29 is 18.4 Å². The van der Waals surface area contributed by atoms with Gasteiger partial charge in [0.2, 0.25) is 5.88 Å². The van der Waals surface area contributed by atoms with Crippen molar-refractivity contribution in [2.75, 3.05) is 37.1 Å². The number of benzene rings is 1. The van der Waals surface area contributed by atoms with Crippen molar-refractivity contribution >= 4 is 49.4 Å². The second-order valence-corrected chi connectivity index (χ2v) is 10.5. The Balaban J connectivity index is 1.54. The molecule has 168 valence electrons. The van der Waals surface area contributed by atoms with E-state index in [0.717, 1.165) is 12.8 Å². The average molecular weight is 476 g/mol. The Bertz CT molecular complexity index is 1280. The molecule has 1 unspecified atom stereocenters. The monoisotopic (exact) mass is 475 g/mol. The Hall–Kier alpha value is -2.69. The lowest BCUT2D eigenvalue weighted by Crippen LogP contribution is -2.22. The Kier molecular flexibility index (Phi) is 5.75. The number of anilines is 2. The molecule has 1 aromatic carbocycles. The minimum absolute atomic E-state index is 0.0872. The van der Waals surface area contributed by atoms with Crippen LogP contribution in [0.15, 0.2) is 35.0 Å². The molecule has 2 saturated heterocycles. The summed E-state index contributed by atoms with van der Waals surface area (Å²) in [6.07, 6.45) is 3.09. The highest BCUT2D eigenvalue weighted by Gasteiger charge is 2.22. The molecular formula is C21H22ClN5O4S. The van der Waals surface area contributed by atoms with E-state index in [1.165, 1.54) is 6.33 Å². The SMILES string of the molecule is COc1cc(N=S2(=O)CCC2)cc2ncnc(Nc3ccc(Cl)nc3OC3CCOC3)c12. The molecule has 2 aliphatic rings. The molecule has 2 aromatic heterocycles. The number of methoxy groups -OCH3 is 1. The third kappa shape index (κ3) is 4.30. The molecule has 0 saturated carbocycles. The number of rotatable bonds is 6. The average Bonchev–Trinajstić information content (AvgIpc) is 3.27. The lowest BCUT2D eigenvalue weighted by atomic mass is 10.2. The molecule has 2 fully saturated rings. The van der Waals surface area contributed by atoms with Crippen LogP contribution in [0.3, 0.4) is 0 Å². The second-order valence-electron chi connectivity index (χ2n) is 7.61. The highest BCUT2D eigenvalue weighted by atomic mass is 35.5. The molecule has 32 heavy (non-hydrogen) atoms. The molecule has 0 aliphatic carbocycles. The van der Waals surface area contributed by atoms with Crippen molar-refractivity contribution in [1.29, 1.82) is 0 Å². The lowest BCUT2D eigenvalue weighted by Gasteiger charge is -2.19. The van der Waals surface area contributed by atoms with Crippen LogP contribution < -0.4 is 14.8 Å². The smallest absolute Gasteiger partial charge is 0.239 e. The number of nitrogens with zero attached hydrogens (tertiary/aromatic N) is 4. The van der Waals surface area contributed by atoms with E-state index >= 15 is 0 Å². The van der Waals surface area contributed by atoms with Crippen molar-refractivity contribution in [3.63, 3.8) is 0 Å². The first-order valence-corrected chi connectivity index (χ1v) is 12.5. The van der Waals surface area contributed by atoms with Gasteiger partial charge in [0.25, 0.3) is 0 Å². The fourth-order valence-electron chi connectivity index (χ4n) is 3.62. The first-order valence-electron chi connectivity index (χ1n) is 10.3. The van der Waals surface area contributed by atoms with Crippen LogP contribution in [-0.2, 0) is 14.5 Å². The molecule has 2 aliphatic heterocycles. The first kappa shape index (κ1) is 21.2. The zero-order valence-electron chi connectivity index (χ0n) is 17.4. The summed E-state index contributed by atoms with van der Waals surface area (Å²) in [4.78, 5) is 13.1.